The molecule has 1 aromatic carbocycles. The second kappa shape index (κ2) is 4.48. The summed E-state index contributed by atoms with van der Waals surface area (Å²) in [7, 11) is 0. The van der Waals surface area contributed by atoms with E-state index >= 15 is 0 Å². The first-order valence-electron chi connectivity index (χ1n) is 5.56. The molecule has 2 rings (SSSR count). The Labute approximate surface area is 92.3 Å². The maximum Gasteiger partial charge on any atom is 0.00450 e. The highest BCUT2D eigenvalue weighted by molar-refractivity contribution is 5.70. The zero-order valence-corrected chi connectivity index (χ0v) is 9.40. The molecule has 1 radical (unpaired) electrons. The lowest BCUT2D eigenvalue weighted by Crippen LogP contribution is -2.06. The van der Waals surface area contributed by atoms with Gasteiger partial charge in [-0.2, -0.15) is 0 Å². The van der Waals surface area contributed by atoms with Gasteiger partial charge in [0.05, 0.1) is 0 Å². The van der Waals surface area contributed by atoms with Gasteiger partial charge in [0.1, 0.15) is 0 Å². The van der Waals surface area contributed by atoms with Crippen LogP contribution in [0.15, 0.2) is 48.6 Å². The Hall–Kier alpha value is -1.30. The standard InChI is InChI=1S/C15H17/c1-12(2)14-9-6-10-15(11-14)13-7-4-3-5-8-13/h3-10,12H,11H2,1-2H3. The van der Waals surface area contributed by atoms with Crippen molar-refractivity contribution < 1.29 is 0 Å². The van der Waals surface area contributed by atoms with E-state index in [-0.39, 0.29) is 0 Å². The van der Waals surface area contributed by atoms with E-state index in [1.807, 2.05) is 0 Å². The zero-order chi connectivity index (χ0) is 10.7. The van der Waals surface area contributed by atoms with Crippen LogP contribution in [0.4, 0.5) is 0 Å². The maximum absolute atomic E-state index is 2.26. The molecule has 0 spiro atoms. The first-order chi connectivity index (χ1) is 7.27. The fourth-order valence-corrected chi connectivity index (χ4v) is 1.87. The van der Waals surface area contributed by atoms with Crippen LogP contribution in [-0.4, -0.2) is 0 Å². The van der Waals surface area contributed by atoms with Crippen molar-refractivity contribution in [1.82, 2.24) is 0 Å². The van der Waals surface area contributed by atoms with Gasteiger partial charge in [0, 0.05) is 5.92 Å². The second-order valence-electron chi connectivity index (χ2n) is 4.32. The summed E-state index contributed by atoms with van der Waals surface area (Å²) in [6.07, 6.45) is 7.73. The van der Waals surface area contributed by atoms with Crippen LogP contribution in [0.3, 0.4) is 0 Å². The molecule has 0 aliphatic heterocycles. The summed E-state index contributed by atoms with van der Waals surface area (Å²) in [4.78, 5) is 0. The Kier molecular flexibility index (Phi) is 3.05. The molecule has 0 aromatic heterocycles. The first kappa shape index (κ1) is 10.2. The molecule has 0 N–H and O–H groups in total. The van der Waals surface area contributed by atoms with Crippen LogP contribution in [0.25, 0.3) is 5.57 Å². The monoisotopic (exact) mass is 197 g/mol. The SMILES string of the molecule is CC(C)[C]1C=CC=C(c2ccccc2)C1. The highest BCUT2D eigenvalue weighted by Crippen LogP contribution is 2.32. The molecule has 1 aromatic rings. The Bertz CT molecular complexity index is 368. The smallest absolute Gasteiger partial charge is 0.00450 e. The van der Waals surface area contributed by atoms with E-state index < -0.39 is 0 Å². The lowest BCUT2D eigenvalue weighted by molar-refractivity contribution is 0.676. The molecular weight excluding hydrogens is 180 g/mol. The molecule has 1 aliphatic rings. The molecular formula is C15H17. The van der Waals surface area contributed by atoms with Crippen LogP contribution >= 0.6 is 0 Å². The molecule has 0 amide bonds. The highest BCUT2D eigenvalue weighted by Gasteiger charge is 2.15. The Balaban J connectivity index is 2.19. The van der Waals surface area contributed by atoms with E-state index in [1.54, 1.807) is 0 Å². The van der Waals surface area contributed by atoms with Crippen LogP contribution in [0, 0.1) is 11.8 Å². The van der Waals surface area contributed by atoms with Crippen LogP contribution in [0.5, 0.6) is 0 Å². The van der Waals surface area contributed by atoms with E-state index in [0.717, 1.165) is 6.42 Å². The Morgan fingerprint density at radius 1 is 1.07 bits per heavy atom. The topological polar surface area (TPSA) is 0 Å². The normalized spacial score (nSPS) is 16.9. The fourth-order valence-electron chi connectivity index (χ4n) is 1.87. The van der Waals surface area contributed by atoms with Gasteiger partial charge >= 0.3 is 0 Å². The number of rotatable bonds is 2. The predicted octanol–water partition coefficient (Wildman–Crippen LogP) is 4.26. The lowest BCUT2D eigenvalue weighted by Gasteiger charge is -2.21. The van der Waals surface area contributed by atoms with Crippen molar-refractivity contribution in [1.29, 1.82) is 0 Å². The molecule has 15 heavy (non-hydrogen) atoms. The van der Waals surface area contributed by atoms with Gasteiger partial charge in [-0.15, -0.1) is 0 Å². The first-order valence-corrected chi connectivity index (χ1v) is 5.56. The van der Waals surface area contributed by atoms with Gasteiger partial charge in [0.15, 0.2) is 0 Å². The van der Waals surface area contributed by atoms with Crippen molar-refractivity contribution in [2.24, 2.45) is 5.92 Å². The van der Waals surface area contributed by atoms with Crippen molar-refractivity contribution in [3.8, 4) is 0 Å². The van der Waals surface area contributed by atoms with Crippen molar-refractivity contribution >= 4 is 5.57 Å². The molecule has 0 fully saturated rings. The molecule has 77 valence electrons. The molecule has 0 saturated carbocycles. The summed E-state index contributed by atoms with van der Waals surface area (Å²) in [5.74, 6) is 2.17. The molecule has 1 aliphatic carbocycles. The minimum Gasteiger partial charge on any atom is -0.0768 e. The van der Waals surface area contributed by atoms with Gasteiger partial charge in [0.25, 0.3) is 0 Å². The van der Waals surface area contributed by atoms with Crippen molar-refractivity contribution in [3.05, 3.63) is 60.0 Å². The summed E-state index contributed by atoms with van der Waals surface area (Å²) in [5.41, 5.74) is 2.78. The lowest BCUT2D eigenvalue weighted by atomic mass is 9.83. The average Bonchev–Trinajstić information content (AvgIpc) is 2.30. The van der Waals surface area contributed by atoms with Crippen molar-refractivity contribution in [2.75, 3.05) is 0 Å². The molecule has 0 unspecified atom stereocenters. The Morgan fingerprint density at radius 2 is 1.80 bits per heavy atom. The van der Waals surface area contributed by atoms with E-state index in [9.17, 15) is 0 Å². The number of benzene rings is 1. The van der Waals surface area contributed by atoms with Gasteiger partial charge < -0.3 is 0 Å². The van der Waals surface area contributed by atoms with E-state index in [2.05, 4.69) is 62.4 Å². The predicted molar refractivity (Wildman–Crippen MR) is 66.3 cm³/mol. The Morgan fingerprint density at radius 3 is 2.47 bits per heavy atom. The minimum atomic E-state index is 0.647. The number of hydrogen-bond donors (Lipinski definition) is 0. The van der Waals surface area contributed by atoms with Crippen LogP contribution in [0.1, 0.15) is 25.8 Å². The minimum absolute atomic E-state index is 0.647. The van der Waals surface area contributed by atoms with Crippen LogP contribution in [0.2, 0.25) is 0 Å². The third-order valence-corrected chi connectivity index (χ3v) is 2.89. The third-order valence-electron chi connectivity index (χ3n) is 2.89. The molecule has 0 heteroatoms. The molecule has 0 atom stereocenters. The van der Waals surface area contributed by atoms with Gasteiger partial charge in [-0.05, 0) is 23.5 Å². The number of hydrogen-bond acceptors (Lipinski definition) is 0. The van der Waals surface area contributed by atoms with Gasteiger partial charge in [-0.25, -0.2) is 0 Å². The summed E-state index contributed by atoms with van der Waals surface area (Å²) in [6.45, 7) is 4.52. The number of allylic oxidation sites excluding steroid dienone is 4. The van der Waals surface area contributed by atoms with E-state index in [4.69, 9.17) is 0 Å². The van der Waals surface area contributed by atoms with Crippen molar-refractivity contribution in [2.45, 2.75) is 20.3 Å². The zero-order valence-electron chi connectivity index (χ0n) is 9.40. The summed E-state index contributed by atoms with van der Waals surface area (Å²) >= 11 is 0. The molecule has 0 nitrogen and oxygen atoms in total. The van der Waals surface area contributed by atoms with Gasteiger partial charge in [-0.3, -0.25) is 0 Å². The van der Waals surface area contributed by atoms with Crippen molar-refractivity contribution in [3.63, 3.8) is 0 Å². The highest BCUT2D eigenvalue weighted by atomic mass is 14.2. The maximum atomic E-state index is 2.26. The summed E-state index contributed by atoms with van der Waals surface area (Å²) < 4.78 is 0. The molecule has 0 bridgehead atoms. The largest absolute Gasteiger partial charge is 0.0768 e. The average molecular weight is 197 g/mol. The molecule has 0 saturated heterocycles. The van der Waals surface area contributed by atoms with Crippen LogP contribution in [-0.2, 0) is 0 Å². The van der Waals surface area contributed by atoms with E-state index in [0.29, 0.717) is 5.92 Å². The van der Waals surface area contributed by atoms with Gasteiger partial charge in [0.2, 0.25) is 0 Å². The van der Waals surface area contributed by atoms with E-state index in [1.165, 1.54) is 17.1 Å². The fraction of sp³-hybridized carbons (Fsp3) is 0.267. The molecule has 0 heterocycles. The summed E-state index contributed by atoms with van der Waals surface area (Å²) in [6, 6.07) is 10.6. The quantitative estimate of drug-likeness (QED) is 0.664. The van der Waals surface area contributed by atoms with Crippen LogP contribution < -0.4 is 0 Å². The van der Waals surface area contributed by atoms with Gasteiger partial charge in [-0.1, -0.05) is 62.4 Å². The third kappa shape index (κ3) is 2.38. The summed E-state index contributed by atoms with van der Waals surface area (Å²) in [5, 5.41) is 0. The second-order valence-corrected chi connectivity index (χ2v) is 4.32.